The highest BCUT2D eigenvalue weighted by Gasteiger charge is 2.09. The van der Waals surface area contributed by atoms with Gasteiger partial charge in [0.2, 0.25) is 0 Å². The van der Waals surface area contributed by atoms with E-state index in [0.717, 1.165) is 24.5 Å². The molecule has 0 atom stereocenters. The van der Waals surface area contributed by atoms with Crippen molar-refractivity contribution >= 4 is 5.82 Å². The van der Waals surface area contributed by atoms with E-state index in [1.54, 1.807) is 0 Å². The Balaban J connectivity index is 0.000000531. The molecule has 1 aromatic heterocycles. The average Bonchev–Trinajstić information content (AvgIpc) is 2.32. The molecule has 2 N–H and O–H groups in total. The summed E-state index contributed by atoms with van der Waals surface area (Å²) in [7, 11) is 0. The molecule has 3 heteroatoms. The molecule has 0 saturated heterocycles. The summed E-state index contributed by atoms with van der Waals surface area (Å²) in [6, 6.07) is 4.11. The summed E-state index contributed by atoms with van der Waals surface area (Å²) in [4.78, 5) is 4.43. The molecule has 3 nitrogen and oxygen atoms in total. The summed E-state index contributed by atoms with van der Waals surface area (Å²) in [5.74, 6) is 1.01. The summed E-state index contributed by atoms with van der Waals surface area (Å²) < 4.78 is 0. The Morgan fingerprint density at radius 2 is 2.20 bits per heavy atom. The van der Waals surface area contributed by atoms with Crippen molar-refractivity contribution in [2.24, 2.45) is 0 Å². The number of nitrogens with zero attached hydrogens (tertiary/aromatic N) is 1. The third-order valence-corrected chi connectivity index (χ3v) is 2.32. The van der Waals surface area contributed by atoms with Crippen molar-refractivity contribution in [1.29, 1.82) is 0 Å². The van der Waals surface area contributed by atoms with Crippen molar-refractivity contribution in [1.82, 2.24) is 4.98 Å². The molecule has 2 rings (SSSR count). The van der Waals surface area contributed by atoms with Gasteiger partial charge in [-0.3, -0.25) is 0 Å². The van der Waals surface area contributed by atoms with Crippen molar-refractivity contribution in [3.63, 3.8) is 0 Å². The molecule has 0 bridgehead atoms. The van der Waals surface area contributed by atoms with E-state index in [0.29, 0.717) is 6.42 Å². The van der Waals surface area contributed by atoms with E-state index in [-0.39, 0.29) is 6.61 Å². The standard InChI is InChI=1S/C10H14N2O.C2H6/c13-7-5-9-4-3-8-2-1-6-11-10(8)12-9;1-2/h3-4,13H,1-2,5-7H2,(H,11,12);1-2H3. The number of hydrogen-bond acceptors (Lipinski definition) is 3. The average molecular weight is 208 g/mol. The van der Waals surface area contributed by atoms with Crippen LogP contribution in [0, 0.1) is 0 Å². The van der Waals surface area contributed by atoms with E-state index in [1.807, 2.05) is 19.9 Å². The van der Waals surface area contributed by atoms with E-state index in [2.05, 4.69) is 16.4 Å². The minimum Gasteiger partial charge on any atom is -0.396 e. The van der Waals surface area contributed by atoms with Crippen molar-refractivity contribution < 1.29 is 5.11 Å². The first kappa shape index (κ1) is 12.0. The molecular formula is C12H20N2O. The van der Waals surface area contributed by atoms with Crippen LogP contribution in [0.2, 0.25) is 0 Å². The van der Waals surface area contributed by atoms with Gasteiger partial charge in [0.05, 0.1) is 0 Å². The normalized spacial score (nSPS) is 13.3. The van der Waals surface area contributed by atoms with Crippen LogP contribution in [0.1, 0.15) is 31.5 Å². The number of pyridine rings is 1. The fourth-order valence-corrected chi connectivity index (χ4v) is 1.62. The van der Waals surface area contributed by atoms with Gasteiger partial charge < -0.3 is 10.4 Å². The molecule has 0 aromatic carbocycles. The number of aromatic nitrogens is 1. The third-order valence-electron chi connectivity index (χ3n) is 2.32. The van der Waals surface area contributed by atoms with Crippen LogP contribution in [-0.4, -0.2) is 23.2 Å². The fraction of sp³-hybridized carbons (Fsp3) is 0.583. The Bertz CT molecular complexity index is 300. The van der Waals surface area contributed by atoms with Gasteiger partial charge in [-0.1, -0.05) is 19.9 Å². The van der Waals surface area contributed by atoms with Crippen LogP contribution >= 0.6 is 0 Å². The minimum absolute atomic E-state index is 0.172. The van der Waals surface area contributed by atoms with E-state index in [1.165, 1.54) is 12.0 Å². The van der Waals surface area contributed by atoms with Gasteiger partial charge in [0.25, 0.3) is 0 Å². The van der Waals surface area contributed by atoms with Crippen molar-refractivity contribution in [3.8, 4) is 0 Å². The maximum absolute atomic E-state index is 8.76. The van der Waals surface area contributed by atoms with Crippen LogP contribution in [0.3, 0.4) is 0 Å². The second-order valence-electron chi connectivity index (χ2n) is 3.31. The van der Waals surface area contributed by atoms with Gasteiger partial charge in [-0.15, -0.1) is 0 Å². The predicted molar refractivity (Wildman–Crippen MR) is 63.2 cm³/mol. The topological polar surface area (TPSA) is 45.2 Å². The van der Waals surface area contributed by atoms with E-state index in [4.69, 9.17) is 5.11 Å². The first-order valence-electron chi connectivity index (χ1n) is 5.73. The quantitative estimate of drug-likeness (QED) is 0.781. The molecule has 0 aliphatic carbocycles. The van der Waals surface area contributed by atoms with E-state index in [9.17, 15) is 0 Å². The minimum atomic E-state index is 0.172. The lowest BCUT2D eigenvalue weighted by atomic mass is 10.1. The highest BCUT2D eigenvalue weighted by atomic mass is 16.3. The molecule has 0 fully saturated rings. The van der Waals surface area contributed by atoms with Crippen LogP contribution in [0.5, 0.6) is 0 Å². The number of aryl methyl sites for hydroxylation is 1. The first-order chi connectivity index (χ1) is 7.40. The summed E-state index contributed by atoms with van der Waals surface area (Å²) in [5, 5.41) is 12.0. The summed E-state index contributed by atoms with van der Waals surface area (Å²) in [6.45, 7) is 5.19. The molecule has 84 valence electrons. The van der Waals surface area contributed by atoms with Crippen molar-refractivity contribution in [3.05, 3.63) is 23.4 Å². The number of anilines is 1. The number of aliphatic hydroxyl groups is 1. The molecule has 15 heavy (non-hydrogen) atoms. The van der Waals surface area contributed by atoms with Crippen LogP contribution in [0.4, 0.5) is 5.82 Å². The monoisotopic (exact) mass is 208 g/mol. The lowest BCUT2D eigenvalue weighted by Gasteiger charge is -2.17. The van der Waals surface area contributed by atoms with Gasteiger partial charge in [0, 0.05) is 25.3 Å². The smallest absolute Gasteiger partial charge is 0.129 e. The fourth-order valence-electron chi connectivity index (χ4n) is 1.62. The van der Waals surface area contributed by atoms with Gasteiger partial charge in [-0.2, -0.15) is 0 Å². The van der Waals surface area contributed by atoms with Crippen molar-refractivity contribution in [2.75, 3.05) is 18.5 Å². The first-order valence-corrected chi connectivity index (χ1v) is 5.73. The zero-order chi connectivity index (χ0) is 11.1. The molecule has 1 aliphatic heterocycles. The second kappa shape index (κ2) is 6.40. The number of aliphatic hydroxyl groups excluding tert-OH is 1. The lowest BCUT2D eigenvalue weighted by molar-refractivity contribution is 0.298. The number of hydrogen-bond donors (Lipinski definition) is 2. The highest BCUT2D eigenvalue weighted by Crippen LogP contribution is 2.19. The zero-order valence-corrected chi connectivity index (χ0v) is 9.58. The number of rotatable bonds is 2. The summed E-state index contributed by atoms with van der Waals surface area (Å²) >= 11 is 0. The van der Waals surface area contributed by atoms with Crippen LogP contribution in [0.25, 0.3) is 0 Å². The van der Waals surface area contributed by atoms with Gasteiger partial charge in [-0.05, 0) is 24.5 Å². The van der Waals surface area contributed by atoms with E-state index < -0.39 is 0 Å². The molecule has 1 aromatic rings. The van der Waals surface area contributed by atoms with Crippen LogP contribution in [-0.2, 0) is 12.8 Å². The molecule has 0 radical (unpaired) electrons. The summed E-state index contributed by atoms with van der Waals surface area (Å²) in [5.41, 5.74) is 2.27. The van der Waals surface area contributed by atoms with Crippen LogP contribution in [0.15, 0.2) is 12.1 Å². The molecule has 0 saturated carbocycles. The zero-order valence-electron chi connectivity index (χ0n) is 9.58. The molecule has 0 amide bonds. The lowest BCUT2D eigenvalue weighted by Crippen LogP contribution is -2.14. The van der Waals surface area contributed by atoms with E-state index >= 15 is 0 Å². The maximum Gasteiger partial charge on any atom is 0.129 e. The SMILES string of the molecule is CC.OCCc1ccc2c(n1)NCCC2. The Morgan fingerprint density at radius 1 is 1.40 bits per heavy atom. The third kappa shape index (κ3) is 3.20. The Morgan fingerprint density at radius 3 is 2.93 bits per heavy atom. The number of fused-ring (bicyclic) bond motifs is 1. The molecule has 0 unspecified atom stereocenters. The molecule has 1 aliphatic rings. The van der Waals surface area contributed by atoms with Gasteiger partial charge >= 0.3 is 0 Å². The Hall–Kier alpha value is -1.09. The number of nitrogens with one attached hydrogen (secondary N) is 1. The molecule has 0 spiro atoms. The largest absolute Gasteiger partial charge is 0.396 e. The van der Waals surface area contributed by atoms with Crippen LogP contribution < -0.4 is 5.32 Å². The van der Waals surface area contributed by atoms with Crippen molar-refractivity contribution in [2.45, 2.75) is 33.1 Å². The highest BCUT2D eigenvalue weighted by molar-refractivity contribution is 5.46. The maximum atomic E-state index is 8.76. The summed E-state index contributed by atoms with van der Waals surface area (Å²) in [6.07, 6.45) is 2.96. The van der Waals surface area contributed by atoms with Gasteiger partial charge in [0.15, 0.2) is 0 Å². The Labute approximate surface area is 91.5 Å². The predicted octanol–water partition coefficient (Wildman–Crippen LogP) is 2.00. The Kier molecular flexibility index (Phi) is 5.12. The second-order valence-corrected chi connectivity index (χ2v) is 3.31. The molecular weight excluding hydrogens is 188 g/mol. The van der Waals surface area contributed by atoms with Gasteiger partial charge in [0.1, 0.15) is 5.82 Å². The van der Waals surface area contributed by atoms with Gasteiger partial charge in [-0.25, -0.2) is 4.98 Å². The molecule has 2 heterocycles.